The fourth-order valence-electron chi connectivity index (χ4n) is 3.76. The number of fused-ring (bicyclic) bond motifs is 3. The number of nitrogens with one attached hydrogen (secondary N) is 1. The Morgan fingerprint density at radius 3 is 2.54 bits per heavy atom. The average Bonchev–Trinajstić information content (AvgIpc) is 3.20. The number of benzene rings is 3. The van der Waals surface area contributed by atoms with E-state index < -0.39 is 0 Å². The molecule has 0 aliphatic carbocycles. The van der Waals surface area contributed by atoms with E-state index in [1.807, 2.05) is 60.7 Å². The molecular formula is C23H19ClN2O2. The standard InChI is InChI=1S/C23H19ClN2O2/c1-27-16-11-12-22-18(13-16)21-14-20(15-7-3-2-4-8-15)25-26(21)23(28-22)17-9-5-6-10-19(17)24/h2-14,21,23,25H,1H3/t21-,23+/m0/s1. The number of hydrogen-bond acceptors (Lipinski definition) is 4. The van der Waals surface area contributed by atoms with Crippen molar-refractivity contribution in [2.45, 2.75) is 12.3 Å². The van der Waals surface area contributed by atoms with E-state index >= 15 is 0 Å². The van der Waals surface area contributed by atoms with Crippen molar-refractivity contribution in [3.63, 3.8) is 0 Å². The summed E-state index contributed by atoms with van der Waals surface area (Å²) in [5, 5.41) is 2.78. The molecule has 0 bridgehead atoms. The second kappa shape index (κ2) is 6.89. The normalized spacial score (nSPS) is 20.4. The van der Waals surface area contributed by atoms with E-state index in [4.69, 9.17) is 21.1 Å². The zero-order valence-corrected chi connectivity index (χ0v) is 16.1. The molecule has 2 heterocycles. The number of rotatable bonds is 3. The number of hydrazine groups is 1. The largest absolute Gasteiger partial charge is 0.497 e. The van der Waals surface area contributed by atoms with Gasteiger partial charge in [0.2, 0.25) is 0 Å². The molecule has 140 valence electrons. The molecule has 0 fully saturated rings. The summed E-state index contributed by atoms with van der Waals surface area (Å²) in [7, 11) is 1.67. The van der Waals surface area contributed by atoms with Gasteiger partial charge in [-0.3, -0.25) is 0 Å². The molecule has 2 aliphatic heterocycles. The molecular weight excluding hydrogens is 372 g/mol. The minimum absolute atomic E-state index is 0.00433. The van der Waals surface area contributed by atoms with Crippen LogP contribution in [0.15, 0.2) is 78.9 Å². The highest BCUT2D eigenvalue weighted by molar-refractivity contribution is 6.31. The Balaban J connectivity index is 1.63. The first kappa shape index (κ1) is 17.2. The van der Waals surface area contributed by atoms with Crippen LogP contribution in [0.1, 0.15) is 29.0 Å². The van der Waals surface area contributed by atoms with Gasteiger partial charge in [0.1, 0.15) is 11.5 Å². The van der Waals surface area contributed by atoms with Gasteiger partial charge in [-0.05, 0) is 35.9 Å². The maximum atomic E-state index is 6.50. The van der Waals surface area contributed by atoms with Crippen LogP contribution in [0.4, 0.5) is 0 Å². The predicted octanol–water partition coefficient (Wildman–Crippen LogP) is 5.34. The topological polar surface area (TPSA) is 33.7 Å². The number of nitrogens with zero attached hydrogens (tertiary/aromatic N) is 1. The first-order chi connectivity index (χ1) is 13.7. The van der Waals surface area contributed by atoms with E-state index in [1.54, 1.807) is 7.11 Å². The molecule has 5 heteroatoms. The van der Waals surface area contributed by atoms with E-state index in [0.717, 1.165) is 33.9 Å². The van der Waals surface area contributed by atoms with Crippen LogP contribution in [0.5, 0.6) is 11.5 Å². The van der Waals surface area contributed by atoms with Crippen molar-refractivity contribution < 1.29 is 9.47 Å². The van der Waals surface area contributed by atoms with Gasteiger partial charge in [0.25, 0.3) is 0 Å². The van der Waals surface area contributed by atoms with E-state index in [0.29, 0.717) is 5.02 Å². The van der Waals surface area contributed by atoms with Gasteiger partial charge in [0.15, 0.2) is 6.23 Å². The highest BCUT2D eigenvalue weighted by atomic mass is 35.5. The van der Waals surface area contributed by atoms with Gasteiger partial charge >= 0.3 is 0 Å². The van der Waals surface area contributed by atoms with Crippen LogP contribution in [0.3, 0.4) is 0 Å². The number of ether oxygens (including phenoxy) is 2. The van der Waals surface area contributed by atoms with Crippen LogP contribution in [-0.2, 0) is 0 Å². The summed E-state index contributed by atoms with van der Waals surface area (Å²) in [6, 6.07) is 24.0. The highest BCUT2D eigenvalue weighted by Crippen LogP contribution is 2.47. The lowest BCUT2D eigenvalue weighted by atomic mass is 10.0. The summed E-state index contributed by atoms with van der Waals surface area (Å²) in [5.41, 5.74) is 7.68. The molecule has 2 atom stereocenters. The van der Waals surface area contributed by atoms with Gasteiger partial charge in [-0.15, -0.1) is 0 Å². The lowest BCUT2D eigenvalue weighted by Crippen LogP contribution is -2.43. The van der Waals surface area contributed by atoms with Gasteiger partial charge in [0.05, 0.1) is 18.8 Å². The summed E-state index contributed by atoms with van der Waals surface area (Å²) in [4.78, 5) is 0. The molecule has 0 aromatic heterocycles. The van der Waals surface area contributed by atoms with Gasteiger partial charge in [0, 0.05) is 16.1 Å². The third kappa shape index (κ3) is 2.82. The monoisotopic (exact) mass is 390 g/mol. The number of hydrogen-bond donors (Lipinski definition) is 1. The molecule has 0 amide bonds. The second-order valence-corrected chi connectivity index (χ2v) is 7.21. The van der Waals surface area contributed by atoms with E-state index in [2.05, 4.69) is 28.6 Å². The summed E-state index contributed by atoms with van der Waals surface area (Å²) in [6.45, 7) is 0. The molecule has 4 nitrogen and oxygen atoms in total. The van der Waals surface area contributed by atoms with Crippen LogP contribution in [0.2, 0.25) is 5.02 Å². The van der Waals surface area contributed by atoms with Gasteiger partial charge in [-0.2, -0.15) is 5.01 Å². The van der Waals surface area contributed by atoms with E-state index in [1.165, 1.54) is 0 Å². The van der Waals surface area contributed by atoms with Crippen molar-refractivity contribution >= 4 is 17.3 Å². The number of halogens is 1. The zero-order chi connectivity index (χ0) is 19.1. The Morgan fingerprint density at radius 1 is 0.964 bits per heavy atom. The minimum Gasteiger partial charge on any atom is -0.497 e. The van der Waals surface area contributed by atoms with Crippen LogP contribution in [-0.4, -0.2) is 12.1 Å². The maximum Gasteiger partial charge on any atom is 0.197 e. The molecule has 0 radical (unpaired) electrons. The Hall–Kier alpha value is -2.95. The summed E-state index contributed by atoms with van der Waals surface area (Å²) >= 11 is 6.50. The molecule has 0 spiro atoms. The first-order valence-corrected chi connectivity index (χ1v) is 9.53. The fourth-order valence-corrected chi connectivity index (χ4v) is 3.99. The second-order valence-electron chi connectivity index (χ2n) is 6.81. The van der Waals surface area contributed by atoms with Gasteiger partial charge < -0.3 is 14.9 Å². The van der Waals surface area contributed by atoms with Crippen molar-refractivity contribution in [2.75, 3.05) is 7.11 Å². The first-order valence-electron chi connectivity index (χ1n) is 9.16. The predicted molar refractivity (Wildman–Crippen MR) is 110 cm³/mol. The lowest BCUT2D eigenvalue weighted by molar-refractivity contribution is -0.0326. The molecule has 5 rings (SSSR count). The molecule has 0 saturated heterocycles. The van der Waals surface area contributed by atoms with Crippen molar-refractivity contribution in [1.29, 1.82) is 0 Å². The van der Waals surface area contributed by atoms with Gasteiger partial charge in [-0.1, -0.05) is 60.1 Å². The van der Waals surface area contributed by atoms with Crippen molar-refractivity contribution in [3.8, 4) is 11.5 Å². The molecule has 2 aliphatic rings. The summed E-state index contributed by atoms with van der Waals surface area (Å²) < 4.78 is 11.8. The minimum atomic E-state index is -0.350. The summed E-state index contributed by atoms with van der Waals surface area (Å²) in [6.07, 6.45) is 1.87. The third-order valence-corrected chi connectivity index (χ3v) is 5.50. The number of methoxy groups -OCH3 is 1. The van der Waals surface area contributed by atoms with E-state index in [-0.39, 0.29) is 12.3 Å². The maximum absolute atomic E-state index is 6.50. The third-order valence-electron chi connectivity index (χ3n) is 5.16. The zero-order valence-electron chi connectivity index (χ0n) is 15.3. The lowest BCUT2D eigenvalue weighted by Gasteiger charge is -2.39. The molecule has 3 aromatic carbocycles. The Bertz CT molecular complexity index is 1050. The van der Waals surface area contributed by atoms with Crippen LogP contribution < -0.4 is 14.9 Å². The molecule has 1 N–H and O–H groups in total. The molecule has 3 aromatic rings. The van der Waals surface area contributed by atoms with Crippen molar-refractivity contribution in [2.24, 2.45) is 0 Å². The van der Waals surface area contributed by atoms with Crippen LogP contribution in [0.25, 0.3) is 5.70 Å². The SMILES string of the molecule is COc1ccc2c(c1)[C@@H]1C=C(c3ccccc3)NN1[C@@H](c1ccccc1Cl)O2. The van der Waals surface area contributed by atoms with Crippen molar-refractivity contribution in [1.82, 2.24) is 10.4 Å². The van der Waals surface area contributed by atoms with E-state index in [9.17, 15) is 0 Å². The Morgan fingerprint density at radius 2 is 1.75 bits per heavy atom. The average molecular weight is 391 g/mol. The Labute approximate surface area is 168 Å². The Kier molecular flexibility index (Phi) is 4.23. The fraction of sp³-hybridized carbons (Fsp3) is 0.130. The molecule has 0 saturated carbocycles. The van der Waals surface area contributed by atoms with Crippen LogP contribution >= 0.6 is 11.6 Å². The van der Waals surface area contributed by atoms with Crippen molar-refractivity contribution in [3.05, 3.63) is 101 Å². The molecule has 28 heavy (non-hydrogen) atoms. The highest BCUT2D eigenvalue weighted by Gasteiger charge is 2.41. The molecule has 0 unspecified atom stereocenters. The van der Waals surface area contributed by atoms with Gasteiger partial charge in [-0.25, -0.2) is 0 Å². The quantitative estimate of drug-likeness (QED) is 0.654. The van der Waals surface area contributed by atoms with Crippen LogP contribution in [0, 0.1) is 0 Å². The smallest absolute Gasteiger partial charge is 0.197 e. The summed E-state index contributed by atoms with van der Waals surface area (Å²) in [5.74, 6) is 1.64.